The molecule has 2 atom stereocenters. The lowest BCUT2D eigenvalue weighted by molar-refractivity contribution is 0.0934. The minimum absolute atomic E-state index is 0.0452. The van der Waals surface area contributed by atoms with Gasteiger partial charge in [0.2, 0.25) is 0 Å². The predicted octanol–water partition coefficient (Wildman–Crippen LogP) is 6.72. The molecule has 1 aliphatic heterocycles. The van der Waals surface area contributed by atoms with E-state index in [9.17, 15) is 4.79 Å². The van der Waals surface area contributed by atoms with Crippen molar-refractivity contribution in [2.45, 2.75) is 59.2 Å². The van der Waals surface area contributed by atoms with Gasteiger partial charge >= 0.3 is 0 Å². The highest BCUT2D eigenvalue weighted by atomic mass is 32.1. The molecule has 172 valence electrons. The number of amides is 1. The maximum atomic E-state index is 13.1. The third kappa shape index (κ3) is 4.39. The molecule has 33 heavy (non-hydrogen) atoms. The number of carbonyl (C=O) groups excluding carboxylic acids is 1. The second-order valence-corrected chi connectivity index (χ2v) is 11.0. The van der Waals surface area contributed by atoms with Crippen molar-refractivity contribution in [1.82, 2.24) is 5.32 Å². The molecule has 5 heteroatoms. The number of anilines is 1. The molecule has 0 spiro atoms. The summed E-state index contributed by atoms with van der Waals surface area (Å²) in [5, 5.41) is 7.78. The molecule has 2 aromatic carbocycles. The van der Waals surface area contributed by atoms with Gasteiger partial charge in [0.25, 0.3) is 5.91 Å². The molecule has 0 saturated carbocycles. The molecule has 0 saturated heterocycles. The van der Waals surface area contributed by atoms with Gasteiger partial charge in [-0.15, -0.1) is 11.3 Å². The highest BCUT2D eigenvalue weighted by molar-refractivity contribution is 7.16. The number of carbonyl (C=O) groups is 1. The van der Waals surface area contributed by atoms with Gasteiger partial charge in [0.05, 0.1) is 5.56 Å². The predicted molar refractivity (Wildman–Crippen MR) is 135 cm³/mol. The van der Waals surface area contributed by atoms with Crippen LogP contribution in [0.4, 0.5) is 5.00 Å². The molecule has 5 rings (SSSR count). The minimum atomic E-state index is -0.226. The van der Waals surface area contributed by atoms with E-state index in [0.29, 0.717) is 17.9 Å². The van der Waals surface area contributed by atoms with Crippen LogP contribution in [0.1, 0.15) is 71.7 Å². The third-order valence-corrected chi connectivity index (χ3v) is 8.71. The average Bonchev–Trinajstić information content (AvgIpc) is 3.22. The molecule has 2 N–H and O–H groups in total. The van der Waals surface area contributed by atoms with Crippen LogP contribution >= 0.6 is 11.3 Å². The van der Waals surface area contributed by atoms with Crippen molar-refractivity contribution < 1.29 is 9.53 Å². The van der Waals surface area contributed by atoms with Crippen LogP contribution in [0, 0.1) is 11.3 Å². The number of rotatable bonds is 6. The lowest BCUT2D eigenvalue weighted by Gasteiger charge is -2.36. The highest BCUT2D eigenvalue weighted by Crippen LogP contribution is 2.47. The van der Waals surface area contributed by atoms with Gasteiger partial charge in [-0.2, -0.15) is 0 Å². The summed E-state index contributed by atoms with van der Waals surface area (Å²) in [6.07, 6.45) is 4.21. The zero-order chi connectivity index (χ0) is 23.0. The highest BCUT2D eigenvalue weighted by Gasteiger charge is 2.37. The fraction of sp³-hybridized carbons (Fsp3) is 0.393. The van der Waals surface area contributed by atoms with Crippen LogP contribution in [0.15, 0.2) is 54.6 Å². The number of ether oxygens (including phenoxy) is 1. The molecular formula is C28H32N2O2S. The normalized spacial score (nSPS) is 19.8. The van der Waals surface area contributed by atoms with E-state index in [2.05, 4.69) is 43.5 Å². The molecule has 0 bridgehead atoms. The second-order valence-electron chi connectivity index (χ2n) is 9.88. The summed E-state index contributed by atoms with van der Waals surface area (Å²) in [6.45, 7) is 7.58. The quantitative estimate of drug-likeness (QED) is 0.429. The van der Waals surface area contributed by atoms with E-state index in [1.165, 1.54) is 16.9 Å². The van der Waals surface area contributed by atoms with Gasteiger partial charge in [-0.25, -0.2) is 0 Å². The van der Waals surface area contributed by atoms with Crippen molar-refractivity contribution in [3.63, 3.8) is 0 Å². The fourth-order valence-corrected chi connectivity index (χ4v) is 6.27. The van der Waals surface area contributed by atoms with Gasteiger partial charge in [-0.3, -0.25) is 4.79 Å². The van der Waals surface area contributed by atoms with Crippen molar-refractivity contribution in [2.24, 2.45) is 11.3 Å². The summed E-state index contributed by atoms with van der Waals surface area (Å²) in [5.41, 5.74) is 4.65. The first-order valence-corrected chi connectivity index (χ1v) is 12.7. The van der Waals surface area contributed by atoms with Crippen molar-refractivity contribution in [2.75, 3.05) is 5.32 Å². The van der Waals surface area contributed by atoms with E-state index < -0.39 is 0 Å². The Kier molecular flexibility index (Phi) is 5.92. The average molecular weight is 461 g/mol. The number of fused-ring (bicyclic) bond motifs is 3. The first-order chi connectivity index (χ1) is 15.9. The monoisotopic (exact) mass is 460 g/mol. The Labute approximate surface area is 200 Å². The molecule has 1 amide bonds. The Morgan fingerprint density at radius 2 is 1.82 bits per heavy atom. The van der Waals surface area contributed by atoms with Crippen LogP contribution in [-0.4, -0.2) is 5.91 Å². The smallest absolute Gasteiger partial charge is 0.256 e. The van der Waals surface area contributed by atoms with Crippen molar-refractivity contribution in [3.05, 3.63) is 81.7 Å². The topological polar surface area (TPSA) is 50.4 Å². The first kappa shape index (κ1) is 22.0. The molecule has 2 unspecified atom stereocenters. The van der Waals surface area contributed by atoms with Gasteiger partial charge in [0, 0.05) is 4.88 Å². The lowest BCUT2D eigenvalue weighted by Crippen LogP contribution is -2.38. The Balaban J connectivity index is 1.29. The molecule has 0 radical (unpaired) electrons. The molecule has 2 aliphatic rings. The van der Waals surface area contributed by atoms with Crippen molar-refractivity contribution in [1.29, 1.82) is 0 Å². The standard InChI is InChI=1S/C28H32N2O2S/c1-4-28(2,3)20-12-15-22-23(16-20)33-27-24(22)26(31)29-25(30-27)19-10-13-21(14-11-19)32-17-18-8-6-5-7-9-18/h5-11,13-14,20,25,30H,4,12,15-17H2,1-3H3,(H,29,31). The molecule has 1 aromatic heterocycles. The second kappa shape index (κ2) is 8.86. The third-order valence-electron chi connectivity index (χ3n) is 7.52. The first-order valence-electron chi connectivity index (χ1n) is 11.9. The molecule has 2 heterocycles. The van der Waals surface area contributed by atoms with Crippen LogP contribution < -0.4 is 15.4 Å². The summed E-state index contributed by atoms with van der Waals surface area (Å²) < 4.78 is 5.91. The molecule has 3 aromatic rings. The van der Waals surface area contributed by atoms with Crippen LogP contribution in [0.3, 0.4) is 0 Å². The molecule has 4 nitrogen and oxygen atoms in total. The number of hydrogen-bond acceptors (Lipinski definition) is 4. The van der Waals surface area contributed by atoms with Gasteiger partial charge in [0.1, 0.15) is 23.5 Å². The maximum Gasteiger partial charge on any atom is 0.256 e. The molecule has 0 fully saturated rings. The van der Waals surface area contributed by atoms with Gasteiger partial charge in [0.15, 0.2) is 0 Å². The van der Waals surface area contributed by atoms with Gasteiger partial charge in [-0.05, 0) is 59.4 Å². The van der Waals surface area contributed by atoms with Crippen LogP contribution in [-0.2, 0) is 19.4 Å². The number of hydrogen-bond donors (Lipinski definition) is 2. The van der Waals surface area contributed by atoms with Gasteiger partial charge < -0.3 is 15.4 Å². The van der Waals surface area contributed by atoms with Gasteiger partial charge in [-0.1, -0.05) is 69.7 Å². The zero-order valence-corrected chi connectivity index (χ0v) is 20.4. The van der Waals surface area contributed by atoms with E-state index in [1.807, 2.05) is 42.5 Å². The van der Waals surface area contributed by atoms with E-state index in [1.54, 1.807) is 11.3 Å². The van der Waals surface area contributed by atoms with Crippen molar-refractivity contribution >= 4 is 22.2 Å². The Hall–Kier alpha value is -2.79. The van der Waals surface area contributed by atoms with Crippen LogP contribution in [0.25, 0.3) is 0 Å². The number of benzene rings is 2. The van der Waals surface area contributed by atoms with E-state index >= 15 is 0 Å². The summed E-state index contributed by atoms with van der Waals surface area (Å²) in [6, 6.07) is 18.1. The largest absolute Gasteiger partial charge is 0.489 e. The van der Waals surface area contributed by atoms with E-state index in [0.717, 1.165) is 46.7 Å². The van der Waals surface area contributed by atoms with Crippen LogP contribution in [0.2, 0.25) is 0 Å². The summed E-state index contributed by atoms with van der Waals surface area (Å²) in [5.74, 6) is 1.54. The Morgan fingerprint density at radius 1 is 1.06 bits per heavy atom. The minimum Gasteiger partial charge on any atom is -0.489 e. The number of nitrogens with one attached hydrogen (secondary N) is 2. The molecular weight excluding hydrogens is 428 g/mol. The lowest BCUT2D eigenvalue weighted by atomic mass is 9.69. The Morgan fingerprint density at radius 3 is 2.55 bits per heavy atom. The van der Waals surface area contributed by atoms with E-state index in [-0.39, 0.29) is 12.1 Å². The molecule has 1 aliphatic carbocycles. The summed E-state index contributed by atoms with van der Waals surface area (Å²) >= 11 is 1.78. The maximum absolute atomic E-state index is 13.1. The van der Waals surface area contributed by atoms with E-state index in [4.69, 9.17) is 4.74 Å². The SMILES string of the molecule is CCC(C)(C)C1CCc2c(sc3c2C(=O)NC(c2ccc(OCc4ccccc4)cc2)N3)C1. The zero-order valence-electron chi connectivity index (χ0n) is 19.6. The van der Waals surface area contributed by atoms with Crippen molar-refractivity contribution in [3.8, 4) is 5.75 Å². The summed E-state index contributed by atoms with van der Waals surface area (Å²) in [7, 11) is 0. The fourth-order valence-electron chi connectivity index (χ4n) is 4.92. The number of thiophene rings is 1. The summed E-state index contributed by atoms with van der Waals surface area (Å²) in [4.78, 5) is 14.5. The van der Waals surface area contributed by atoms with Crippen LogP contribution in [0.5, 0.6) is 5.75 Å². The Bertz CT molecular complexity index is 1130.